The molecule has 1 aromatic carbocycles. The number of methoxy groups -OCH3 is 1. The summed E-state index contributed by atoms with van der Waals surface area (Å²) in [6.07, 6.45) is 2.05. The third kappa shape index (κ3) is 1.87. The lowest BCUT2D eigenvalue weighted by Gasteiger charge is -2.03. The fourth-order valence-electron chi connectivity index (χ4n) is 1.68. The molecule has 0 aliphatic heterocycles. The summed E-state index contributed by atoms with van der Waals surface area (Å²) in [5.41, 5.74) is 6.73. The quantitative estimate of drug-likeness (QED) is 0.929. The Morgan fingerprint density at radius 1 is 1.47 bits per heavy atom. The van der Waals surface area contributed by atoms with Gasteiger partial charge in [0.2, 0.25) is 0 Å². The Kier molecular flexibility index (Phi) is 2.98. The number of fused-ring (bicyclic) bond motifs is 1. The van der Waals surface area contributed by atoms with Crippen molar-refractivity contribution in [2.24, 2.45) is 5.73 Å². The molecule has 4 heteroatoms. The van der Waals surface area contributed by atoms with Gasteiger partial charge in [0, 0.05) is 34.7 Å². The highest BCUT2D eigenvalue weighted by atomic mass is 79.9. The monoisotopic (exact) mass is 268 g/mol. The lowest BCUT2D eigenvalue weighted by Crippen LogP contribution is -2.08. The van der Waals surface area contributed by atoms with Crippen molar-refractivity contribution >= 4 is 26.8 Å². The molecule has 0 saturated carbocycles. The van der Waals surface area contributed by atoms with Crippen LogP contribution >= 0.6 is 15.9 Å². The first-order valence-electron chi connectivity index (χ1n) is 4.78. The van der Waals surface area contributed by atoms with Crippen LogP contribution in [-0.4, -0.2) is 18.2 Å². The van der Waals surface area contributed by atoms with E-state index in [0.717, 1.165) is 22.2 Å². The topological polar surface area (TPSA) is 40.2 Å². The Morgan fingerprint density at radius 2 is 2.27 bits per heavy atom. The minimum absolute atomic E-state index is 0.641. The Balaban J connectivity index is 2.59. The second-order valence-electron chi connectivity index (χ2n) is 3.34. The smallest absolute Gasteiger partial charge is 0.119 e. The van der Waals surface area contributed by atoms with Gasteiger partial charge < -0.3 is 15.0 Å². The van der Waals surface area contributed by atoms with Crippen LogP contribution < -0.4 is 10.5 Å². The van der Waals surface area contributed by atoms with Gasteiger partial charge in [-0.3, -0.25) is 0 Å². The van der Waals surface area contributed by atoms with E-state index in [4.69, 9.17) is 10.5 Å². The van der Waals surface area contributed by atoms with Crippen molar-refractivity contribution in [3.05, 3.63) is 28.9 Å². The molecular weight excluding hydrogens is 256 g/mol. The van der Waals surface area contributed by atoms with Crippen molar-refractivity contribution in [3.63, 3.8) is 0 Å². The van der Waals surface area contributed by atoms with Gasteiger partial charge >= 0.3 is 0 Å². The molecule has 0 fully saturated rings. The van der Waals surface area contributed by atoms with Gasteiger partial charge in [0.1, 0.15) is 5.75 Å². The number of ether oxygens (including phenoxy) is 1. The Bertz CT molecular complexity index is 479. The third-order valence-corrected chi connectivity index (χ3v) is 3.04. The maximum absolute atomic E-state index is 5.56. The molecule has 80 valence electrons. The second-order valence-corrected chi connectivity index (χ2v) is 4.20. The van der Waals surface area contributed by atoms with Crippen molar-refractivity contribution in [1.82, 2.24) is 4.57 Å². The molecule has 3 nitrogen and oxygen atoms in total. The second kappa shape index (κ2) is 4.24. The molecule has 0 saturated heterocycles. The number of rotatable bonds is 3. The molecule has 2 N–H and O–H groups in total. The zero-order chi connectivity index (χ0) is 10.8. The molecule has 15 heavy (non-hydrogen) atoms. The van der Waals surface area contributed by atoms with Crippen molar-refractivity contribution in [2.45, 2.75) is 6.54 Å². The molecule has 0 spiro atoms. The van der Waals surface area contributed by atoms with Gasteiger partial charge in [-0.15, -0.1) is 0 Å². The predicted molar refractivity (Wildman–Crippen MR) is 65.2 cm³/mol. The van der Waals surface area contributed by atoms with E-state index in [1.807, 2.05) is 12.1 Å². The van der Waals surface area contributed by atoms with E-state index in [2.05, 4.69) is 32.8 Å². The van der Waals surface area contributed by atoms with Crippen molar-refractivity contribution in [3.8, 4) is 5.75 Å². The normalized spacial score (nSPS) is 10.9. The SMILES string of the molecule is COc1ccc2c(c1)c(Br)cn2CCN. The Morgan fingerprint density at radius 3 is 2.93 bits per heavy atom. The van der Waals surface area contributed by atoms with Crippen LogP contribution in [0.25, 0.3) is 10.9 Å². The minimum Gasteiger partial charge on any atom is -0.497 e. The van der Waals surface area contributed by atoms with E-state index in [0.29, 0.717) is 6.54 Å². The lowest BCUT2D eigenvalue weighted by molar-refractivity contribution is 0.415. The summed E-state index contributed by atoms with van der Waals surface area (Å²) < 4.78 is 8.40. The van der Waals surface area contributed by atoms with Crippen molar-refractivity contribution in [1.29, 1.82) is 0 Å². The van der Waals surface area contributed by atoms with Crippen LogP contribution in [0.4, 0.5) is 0 Å². The predicted octanol–water partition coefficient (Wildman–Crippen LogP) is 2.37. The summed E-state index contributed by atoms with van der Waals surface area (Å²) in [6.45, 7) is 1.47. The maximum atomic E-state index is 5.56. The van der Waals surface area contributed by atoms with Crippen LogP contribution in [0.5, 0.6) is 5.75 Å². The summed E-state index contributed by atoms with van der Waals surface area (Å²) >= 11 is 3.53. The molecule has 0 aliphatic carbocycles. The van der Waals surface area contributed by atoms with E-state index in [9.17, 15) is 0 Å². The summed E-state index contributed by atoms with van der Waals surface area (Å²) in [5.74, 6) is 0.869. The summed E-state index contributed by atoms with van der Waals surface area (Å²) in [5, 5.41) is 1.16. The molecule has 2 rings (SSSR count). The van der Waals surface area contributed by atoms with Gasteiger partial charge in [0.15, 0.2) is 0 Å². The molecule has 0 unspecified atom stereocenters. The van der Waals surface area contributed by atoms with E-state index in [1.54, 1.807) is 7.11 Å². The average Bonchev–Trinajstić information content (AvgIpc) is 2.56. The minimum atomic E-state index is 0.641. The standard InChI is InChI=1S/C11H13BrN2O/c1-15-8-2-3-11-9(6-8)10(12)7-14(11)5-4-13/h2-3,6-7H,4-5,13H2,1H3. The molecule has 1 heterocycles. The molecule has 1 aromatic heterocycles. The zero-order valence-electron chi connectivity index (χ0n) is 8.53. The van der Waals surface area contributed by atoms with Gasteiger partial charge in [0.25, 0.3) is 0 Å². The molecule has 0 bridgehead atoms. The van der Waals surface area contributed by atoms with Gasteiger partial charge in [-0.05, 0) is 34.1 Å². The van der Waals surface area contributed by atoms with Gasteiger partial charge in [-0.1, -0.05) is 0 Å². The zero-order valence-corrected chi connectivity index (χ0v) is 10.1. The number of nitrogens with two attached hydrogens (primary N) is 1. The Hall–Kier alpha value is -1.00. The maximum Gasteiger partial charge on any atom is 0.119 e. The highest BCUT2D eigenvalue weighted by molar-refractivity contribution is 9.10. The first kappa shape index (κ1) is 10.5. The van der Waals surface area contributed by atoms with E-state index >= 15 is 0 Å². The van der Waals surface area contributed by atoms with E-state index < -0.39 is 0 Å². The molecule has 0 amide bonds. The molecular formula is C11H13BrN2O. The van der Waals surface area contributed by atoms with Gasteiger partial charge in [0.05, 0.1) is 7.11 Å². The van der Waals surface area contributed by atoms with Crippen LogP contribution in [0, 0.1) is 0 Å². The summed E-state index contributed by atoms with van der Waals surface area (Å²) in [7, 11) is 1.67. The van der Waals surface area contributed by atoms with E-state index in [1.165, 1.54) is 5.52 Å². The van der Waals surface area contributed by atoms with Crippen molar-refractivity contribution in [2.75, 3.05) is 13.7 Å². The van der Waals surface area contributed by atoms with Crippen LogP contribution in [0.15, 0.2) is 28.9 Å². The van der Waals surface area contributed by atoms with Crippen LogP contribution in [0.3, 0.4) is 0 Å². The third-order valence-electron chi connectivity index (χ3n) is 2.41. The highest BCUT2D eigenvalue weighted by Gasteiger charge is 2.06. The largest absolute Gasteiger partial charge is 0.497 e. The number of nitrogens with zero attached hydrogens (tertiary/aromatic N) is 1. The number of hydrogen-bond acceptors (Lipinski definition) is 2. The van der Waals surface area contributed by atoms with Crippen LogP contribution in [-0.2, 0) is 6.54 Å². The van der Waals surface area contributed by atoms with Crippen LogP contribution in [0.1, 0.15) is 0 Å². The average molecular weight is 269 g/mol. The van der Waals surface area contributed by atoms with E-state index in [-0.39, 0.29) is 0 Å². The van der Waals surface area contributed by atoms with Gasteiger partial charge in [-0.2, -0.15) is 0 Å². The molecule has 0 atom stereocenters. The number of halogens is 1. The summed E-state index contributed by atoms with van der Waals surface area (Å²) in [6, 6.07) is 6.03. The first-order chi connectivity index (χ1) is 7.26. The van der Waals surface area contributed by atoms with Crippen LogP contribution in [0.2, 0.25) is 0 Å². The first-order valence-corrected chi connectivity index (χ1v) is 5.58. The molecule has 0 aliphatic rings. The fourth-order valence-corrected chi connectivity index (χ4v) is 2.25. The van der Waals surface area contributed by atoms with Gasteiger partial charge in [-0.25, -0.2) is 0 Å². The fraction of sp³-hybridized carbons (Fsp3) is 0.273. The number of benzene rings is 1. The molecule has 2 aromatic rings. The summed E-state index contributed by atoms with van der Waals surface area (Å²) in [4.78, 5) is 0. The number of hydrogen-bond donors (Lipinski definition) is 1. The lowest BCUT2D eigenvalue weighted by atomic mass is 10.2. The number of aromatic nitrogens is 1. The highest BCUT2D eigenvalue weighted by Crippen LogP contribution is 2.29. The van der Waals surface area contributed by atoms with Crippen molar-refractivity contribution < 1.29 is 4.74 Å². The Labute approximate surface area is 96.9 Å². The molecule has 0 radical (unpaired) electrons.